The van der Waals surface area contributed by atoms with Gasteiger partial charge in [0.15, 0.2) is 11.5 Å². The number of aryl methyl sites for hydroxylation is 2. The van der Waals surface area contributed by atoms with Crippen molar-refractivity contribution in [3.05, 3.63) is 82.2 Å². The molecule has 6 rings (SSSR count). The van der Waals surface area contributed by atoms with Gasteiger partial charge in [-0.05, 0) is 55.0 Å². The standard InChI is InChI=1S/C23H20N6O/c1-14-9-10-28-20(11-14)17(12-25-28)21-24-13-18-22(27-21)29(23(30)26-18)19-8-4-6-15-5-2-3-7-16(15)19/h2-3,5,7,9-13,19H,4,6,8H2,1H3,(H,26,30). The van der Waals surface area contributed by atoms with Gasteiger partial charge in [0.2, 0.25) is 0 Å². The average Bonchev–Trinajstić information content (AvgIpc) is 3.32. The Kier molecular flexibility index (Phi) is 3.65. The summed E-state index contributed by atoms with van der Waals surface area (Å²) < 4.78 is 3.62. The molecule has 30 heavy (non-hydrogen) atoms. The summed E-state index contributed by atoms with van der Waals surface area (Å²) in [6, 6.07) is 12.4. The Morgan fingerprint density at radius 2 is 2.07 bits per heavy atom. The largest absolute Gasteiger partial charge is 0.328 e. The molecule has 1 aromatic carbocycles. The van der Waals surface area contributed by atoms with Crippen molar-refractivity contribution in [2.24, 2.45) is 0 Å². The van der Waals surface area contributed by atoms with Gasteiger partial charge in [-0.2, -0.15) is 5.10 Å². The highest BCUT2D eigenvalue weighted by molar-refractivity contribution is 5.79. The summed E-state index contributed by atoms with van der Waals surface area (Å²) in [5.41, 5.74) is 6.60. The van der Waals surface area contributed by atoms with E-state index in [0.29, 0.717) is 17.0 Å². The van der Waals surface area contributed by atoms with Crippen LogP contribution in [0.15, 0.2) is 59.8 Å². The van der Waals surface area contributed by atoms with Crippen LogP contribution in [0.4, 0.5) is 0 Å². The van der Waals surface area contributed by atoms with Crippen molar-refractivity contribution < 1.29 is 0 Å². The van der Waals surface area contributed by atoms with Gasteiger partial charge < -0.3 is 4.98 Å². The summed E-state index contributed by atoms with van der Waals surface area (Å²) in [5, 5.41) is 4.42. The molecule has 0 amide bonds. The zero-order valence-corrected chi connectivity index (χ0v) is 16.5. The van der Waals surface area contributed by atoms with Crippen molar-refractivity contribution in [2.45, 2.75) is 32.2 Å². The van der Waals surface area contributed by atoms with Crippen molar-refractivity contribution in [2.75, 3.05) is 0 Å². The fraction of sp³-hybridized carbons (Fsp3) is 0.217. The summed E-state index contributed by atoms with van der Waals surface area (Å²) in [7, 11) is 0. The SMILES string of the molecule is Cc1ccn2ncc(-c3ncc4[nH]c(=O)n(C5CCCc6ccccc65)c4n3)c2c1. The van der Waals surface area contributed by atoms with Crippen LogP contribution in [0, 0.1) is 6.92 Å². The van der Waals surface area contributed by atoms with E-state index < -0.39 is 0 Å². The van der Waals surface area contributed by atoms with Crippen LogP contribution < -0.4 is 5.69 Å². The molecule has 1 atom stereocenters. The van der Waals surface area contributed by atoms with Gasteiger partial charge in [-0.25, -0.2) is 19.3 Å². The minimum atomic E-state index is -0.145. The first-order valence-electron chi connectivity index (χ1n) is 10.2. The second-order valence-electron chi connectivity index (χ2n) is 7.93. The highest BCUT2D eigenvalue weighted by atomic mass is 16.1. The summed E-state index contributed by atoms with van der Waals surface area (Å²) in [6.07, 6.45) is 8.42. The molecule has 4 heterocycles. The van der Waals surface area contributed by atoms with Crippen LogP contribution in [-0.4, -0.2) is 29.1 Å². The summed E-state index contributed by atoms with van der Waals surface area (Å²) >= 11 is 0. The van der Waals surface area contributed by atoms with Crippen LogP contribution in [0.3, 0.4) is 0 Å². The number of hydrogen-bond donors (Lipinski definition) is 1. The Hall–Kier alpha value is -3.74. The van der Waals surface area contributed by atoms with Crippen LogP contribution >= 0.6 is 0 Å². The van der Waals surface area contributed by atoms with Gasteiger partial charge in [-0.3, -0.25) is 4.57 Å². The summed E-state index contributed by atoms with van der Waals surface area (Å²) in [4.78, 5) is 25.2. The van der Waals surface area contributed by atoms with Crippen LogP contribution in [0.25, 0.3) is 28.1 Å². The molecule has 0 aliphatic heterocycles. The average molecular weight is 396 g/mol. The number of H-pyrrole nitrogens is 1. The molecule has 1 unspecified atom stereocenters. The number of benzene rings is 1. The van der Waals surface area contributed by atoms with E-state index in [-0.39, 0.29) is 11.7 Å². The van der Waals surface area contributed by atoms with Gasteiger partial charge in [-0.15, -0.1) is 0 Å². The van der Waals surface area contributed by atoms with Crippen LogP contribution in [0.2, 0.25) is 0 Å². The molecule has 0 spiro atoms. The second kappa shape index (κ2) is 6.38. The molecule has 5 aromatic rings. The number of nitrogens with zero attached hydrogens (tertiary/aromatic N) is 5. The van der Waals surface area contributed by atoms with Crippen molar-refractivity contribution in [3.8, 4) is 11.4 Å². The van der Waals surface area contributed by atoms with Gasteiger partial charge >= 0.3 is 5.69 Å². The molecule has 148 valence electrons. The van der Waals surface area contributed by atoms with E-state index in [9.17, 15) is 4.79 Å². The van der Waals surface area contributed by atoms with Crippen molar-refractivity contribution in [3.63, 3.8) is 0 Å². The highest BCUT2D eigenvalue weighted by Gasteiger charge is 2.25. The minimum absolute atomic E-state index is 0.0231. The zero-order chi connectivity index (χ0) is 20.2. The van der Waals surface area contributed by atoms with E-state index in [2.05, 4.69) is 39.3 Å². The Labute approximate surface area is 172 Å². The molecule has 0 radical (unpaired) electrons. The summed E-state index contributed by atoms with van der Waals surface area (Å²) in [5.74, 6) is 0.569. The molecular formula is C23H20N6O. The Balaban J connectivity index is 1.56. The number of hydrogen-bond acceptors (Lipinski definition) is 4. The fourth-order valence-electron chi connectivity index (χ4n) is 4.59. The second-order valence-corrected chi connectivity index (χ2v) is 7.93. The molecule has 7 nitrogen and oxygen atoms in total. The minimum Gasteiger partial charge on any atom is -0.303 e. The third-order valence-electron chi connectivity index (χ3n) is 6.02. The molecule has 1 N–H and O–H groups in total. The van der Waals surface area contributed by atoms with E-state index in [0.717, 1.165) is 35.9 Å². The monoisotopic (exact) mass is 396 g/mol. The van der Waals surface area contributed by atoms with E-state index in [1.54, 1.807) is 17.0 Å². The Morgan fingerprint density at radius 1 is 1.17 bits per heavy atom. The molecule has 0 fully saturated rings. The lowest BCUT2D eigenvalue weighted by atomic mass is 9.87. The number of imidazole rings is 1. The van der Waals surface area contributed by atoms with Crippen molar-refractivity contribution >= 4 is 16.7 Å². The predicted octanol–water partition coefficient (Wildman–Crippen LogP) is 3.67. The maximum atomic E-state index is 12.9. The molecule has 1 aliphatic rings. The van der Waals surface area contributed by atoms with Gasteiger partial charge in [0.25, 0.3) is 0 Å². The van der Waals surface area contributed by atoms with Crippen molar-refractivity contribution in [1.82, 2.24) is 29.1 Å². The zero-order valence-electron chi connectivity index (χ0n) is 16.5. The molecule has 7 heteroatoms. The number of nitrogens with one attached hydrogen (secondary N) is 1. The maximum Gasteiger partial charge on any atom is 0.328 e. The molecule has 0 saturated carbocycles. The van der Waals surface area contributed by atoms with E-state index in [1.165, 1.54) is 11.1 Å². The lowest BCUT2D eigenvalue weighted by Crippen LogP contribution is -2.26. The molecule has 0 bridgehead atoms. The highest BCUT2D eigenvalue weighted by Crippen LogP contribution is 2.33. The quantitative estimate of drug-likeness (QED) is 0.494. The number of fused-ring (bicyclic) bond motifs is 3. The third kappa shape index (κ3) is 2.51. The van der Waals surface area contributed by atoms with E-state index >= 15 is 0 Å². The maximum absolute atomic E-state index is 12.9. The summed E-state index contributed by atoms with van der Waals surface area (Å²) in [6.45, 7) is 2.05. The first-order valence-corrected chi connectivity index (χ1v) is 10.2. The first-order chi connectivity index (χ1) is 14.7. The van der Waals surface area contributed by atoms with Gasteiger partial charge in [0.05, 0.1) is 29.5 Å². The predicted molar refractivity (Wildman–Crippen MR) is 115 cm³/mol. The van der Waals surface area contributed by atoms with Crippen molar-refractivity contribution in [1.29, 1.82) is 0 Å². The lowest BCUT2D eigenvalue weighted by Gasteiger charge is -2.26. The van der Waals surface area contributed by atoms with Gasteiger partial charge in [0.1, 0.15) is 5.52 Å². The number of rotatable bonds is 2. The number of aromatic nitrogens is 6. The molecule has 4 aromatic heterocycles. The normalized spacial score (nSPS) is 16.2. The number of pyridine rings is 1. The van der Waals surface area contributed by atoms with Crippen LogP contribution in [-0.2, 0) is 6.42 Å². The third-order valence-corrected chi connectivity index (χ3v) is 6.02. The Morgan fingerprint density at radius 3 is 3.00 bits per heavy atom. The van der Waals surface area contributed by atoms with Crippen LogP contribution in [0.1, 0.15) is 35.6 Å². The van der Waals surface area contributed by atoms with E-state index in [1.807, 2.05) is 29.8 Å². The Bertz CT molecular complexity index is 1470. The van der Waals surface area contributed by atoms with Crippen LogP contribution in [0.5, 0.6) is 0 Å². The first kappa shape index (κ1) is 17.1. The van der Waals surface area contributed by atoms with E-state index in [4.69, 9.17) is 4.98 Å². The van der Waals surface area contributed by atoms with Gasteiger partial charge in [0, 0.05) is 6.20 Å². The van der Waals surface area contributed by atoms with Gasteiger partial charge in [-0.1, -0.05) is 24.3 Å². The molecular weight excluding hydrogens is 376 g/mol. The fourth-order valence-corrected chi connectivity index (χ4v) is 4.59. The molecule has 1 aliphatic carbocycles. The lowest BCUT2D eigenvalue weighted by molar-refractivity contribution is 0.487. The number of aromatic amines is 1. The smallest absolute Gasteiger partial charge is 0.303 e. The molecule has 0 saturated heterocycles. The topological polar surface area (TPSA) is 80.9 Å².